The van der Waals surface area contributed by atoms with Gasteiger partial charge >= 0.3 is 13.1 Å². The molecule has 0 aliphatic heterocycles. The Morgan fingerprint density at radius 3 is 2.17 bits per heavy atom. The predicted molar refractivity (Wildman–Crippen MR) is 71.0 cm³/mol. The minimum Gasteiger partial charge on any atom is -0.478 e. The third-order valence-electron chi connectivity index (χ3n) is 3.25. The molecule has 18 heavy (non-hydrogen) atoms. The summed E-state index contributed by atoms with van der Waals surface area (Å²) >= 11 is 0. The zero-order valence-corrected chi connectivity index (χ0v) is 11.2. The van der Waals surface area contributed by atoms with E-state index < -0.39 is 18.7 Å². The summed E-state index contributed by atoms with van der Waals surface area (Å²) in [7, 11) is -1.05. The van der Waals surface area contributed by atoms with Gasteiger partial charge in [0.25, 0.3) is 0 Å². The molecule has 0 unspecified atom stereocenters. The van der Waals surface area contributed by atoms with Crippen LogP contribution in [-0.2, 0) is 4.65 Å². The summed E-state index contributed by atoms with van der Waals surface area (Å²) in [5, 5.41) is 18.7. The van der Waals surface area contributed by atoms with Gasteiger partial charge < -0.3 is 14.8 Å². The first-order chi connectivity index (χ1) is 8.24. The van der Waals surface area contributed by atoms with Crippen LogP contribution in [0, 0.1) is 5.92 Å². The molecule has 0 aliphatic carbocycles. The Kier molecular flexibility index (Phi) is 4.54. The molecule has 4 nitrogen and oxygen atoms in total. The summed E-state index contributed by atoms with van der Waals surface area (Å²) in [4.78, 5) is 10.7. The number of carbonyl (C=O) groups is 1. The van der Waals surface area contributed by atoms with Gasteiger partial charge in [-0.25, -0.2) is 4.79 Å². The smallest absolute Gasteiger partial charge is 0.478 e. The van der Waals surface area contributed by atoms with E-state index in [9.17, 15) is 9.82 Å². The van der Waals surface area contributed by atoms with Gasteiger partial charge in [-0.05, 0) is 37.4 Å². The fourth-order valence-electron chi connectivity index (χ4n) is 1.28. The van der Waals surface area contributed by atoms with Crippen LogP contribution in [0.4, 0.5) is 0 Å². The fraction of sp³-hybridized carbons (Fsp3) is 0.462. The van der Waals surface area contributed by atoms with E-state index in [0.29, 0.717) is 5.46 Å². The SMILES string of the molecule is CC(C)C(C)(C)OB(O)c1ccc(C(=O)O)cc1. The van der Waals surface area contributed by atoms with Gasteiger partial charge in [-0.3, -0.25) is 0 Å². The van der Waals surface area contributed by atoms with Crippen molar-refractivity contribution in [2.24, 2.45) is 5.92 Å². The molecule has 0 heterocycles. The van der Waals surface area contributed by atoms with Crippen molar-refractivity contribution in [3.05, 3.63) is 29.8 Å². The molecule has 0 atom stereocenters. The number of rotatable bonds is 5. The van der Waals surface area contributed by atoms with Crippen LogP contribution in [0.25, 0.3) is 0 Å². The first kappa shape index (κ1) is 14.7. The van der Waals surface area contributed by atoms with Crippen LogP contribution in [0.15, 0.2) is 24.3 Å². The van der Waals surface area contributed by atoms with E-state index in [0.717, 1.165) is 0 Å². The van der Waals surface area contributed by atoms with Crippen LogP contribution in [0.2, 0.25) is 0 Å². The molecule has 0 spiro atoms. The van der Waals surface area contributed by atoms with Gasteiger partial charge in [0.1, 0.15) is 0 Å². The first-order valence-electron chi connectivity index (χ1n) is 5.93. The Bertz CT molecular complexity index is 412. The Morgan fingerprint density at radius 1 is 1.28 bits per heavy atom. The number of carboxylic acid groups (broad SMARTS) is 1. The number of hydrogen-bond acceptors (Lipinski definition) is 3. The summed E-state index contributed by atoms with van der Waals surface area (Å²) in [6, 6.07) is 6.02. The highest BCUT2D eigenvalue weighted by molar-refractivity contribution is 6.60. The second-order valence-corrected chi connectivity index (χ2v) is 5.16. The van der Waals surface area contributed by atoms with Gasteiger partial charge in [0.05, 0.1) is 11.2 Å². The lowest BCUT2D eigenvalue weighted by atomic mass is 9.77. The van der Waals surface area contributed by atoms with Gasteiger partial charge in [0.2, 0.25) is 0 Å². The number of benzene rings is 1. The third kappa shape index (κ3) is 3.58. The second kappa shape index (κ2) is 5.54. The van der Waals surface area contributed by atoms with E-state index in [1.54, 1.807) is 12.1 Å². The van der Waals surface area contributed by atoms with Crippen molar-refractivity contribution in [3.63, 3.8) is 0 Å². The van der Waals surface area contributed by atoms with E-state index in [1.807, 2.05) is 27.7 Å². The summed E-state index contributed by atoms with van der Waals surface area (Å²) < 4.78 is 5.59. The molecule has 0 aromatic heterocycles. The lowest BCUT2D eigenvalue weighted by molar-refractivity contribution is 0.0423. The van der Waals surface area contributed by atoms with Crippen molar-refractivity contribution in [1.29, 1.82) is 0 Å². The van der Waals surface area contributed by atoms with Gasteiger partial charge in [0, 0.05) is 0 Å². The van der Waals surface area contributed by atoms with E-state index in [-0.39, 0.29) is 11.5 Å². The lowest BCUT2D eigenvalue weighted by Crippen LogP contribution is -2.44. The highest BCUT2D eigenvalue weighted by Crippen LogP contribution is 2.20. The van der Waals surface area contributed by atoms with Crippen molar-refractivity contribution < 1.29 is 19.6 Å². The zero-order valence-electron chi connectivity index (χ0n) is 11.2. The highest BCUT2D eigenvalue weighted by Gasteiger charge is 2.30. The molecule has 1 rings (SSSR count). The van der Waals surface area contributed by atoms with Gasteiger partial charge in [-0.15, -0.1) is 0 Å². The van der Waals surface area contributed by atoms with Crippen LogP contribution in [0.3, 0.4) is 0 Å². The van der Waals surface area contributed by atoms with Crippen molar-refractivity contribution in [2.75, 3.05) is 0 Å². The second-order valence-electron chi connectivity index (χ2n) is 5.16. The summed E-state index contributed by atoms with van der Waals surface area (Å²) in [5.41, 5.74) is 0.285. The van der Waals surface area contributed by atoms with Crippen molar-refractivity contribution in [2.45, 2.75) is 33.3 Å². The molecule has 5 heteroatoms. The third-order valence-corrected chi connectivity index (χ3v) is 3.25. The molecule has 1 aromatic rings. The molecular weight excluding hydrogens is 231 g/mol. The lowest BCUT2D eigenvalue weighted by Gasteiger charge is -2.31. The maximum Gasteiger partial charge on any atom is 0.491 e. The molecule has 0 fully saturated rings. The highest BCUT2D eigenvalue weighted by atomic mass is 16.5. The molecule has 0 saturated heterocycles. The summed E-state index contributed by atoms with van der Waals surface area (Å²) in [6.45, 7) is 7.85. The standard InChI is InChI=1S/C13H19BO4/c1-9(2)13(3,4)18-14(17)11-7-5-10(6-8-11)12(15)16/h5-9,17H,1-4H3,(H,15,16). The Labute approximate surface area is 108 Å². The van der Waals surface area contributed by atoms with Gasteiger partial charge in [-0.1, -0.05) is 26.0 Å². The minimum atomic E-state index is -1.05. The van der Waals surface area contributed by atoms with Gasteiger partial charge in [-0.2, -0.15) is 0 Å². The van der Waals surface area contributed by atoms with Crippen LogP contribution < -0.4 is 5.46 Å². The average Bonchev–Trinajstić information content (AvgIpc) is 2.28. The monoisotopic (exact) mass is 250 g/mol. The molecule has 1 aromatic carbocycles. The van der Waals surface area contributed by atoms with Crippen molar-refractivity contribution >= 4 is 18.6 Å². The first-order valence-corrected chi connectivity index (χ1v) is 5.93. The van der Waals surface area contributed by atoms with E-state index >= 15 is 0 Å². The van der Waals surface area contributed by atoms with Crippen molar-refractivity contribution in [3.8, 4) is 0 Å². The summed E-state index contributed by atoms with van der Waals surface area (Å²) in [6.07, 6.45) is 0. The van der Waals surface area contributed by atoms with Crippen LogP contribution in [0.1, 0.15) is 38.1 Å². The Balaban J connectivity index is 2.79. The van der Waals surface area contributed by atoms with E-state index in [1.165, 1.54) is 12.1 Å². The predicted octanol–water partition coefficient (Wildman–Crippen LogP) is 1.52. The Morgan fingerprint density at radius 2 is 1.78 bits per heavy atom. The minimum absolute atomic E-state index is 0.189. The van der Waals surface area contributed by atoms with Crippen LogP contribution >= 0.6 is 0 Å². The summed E-state index contributed by atoms with van der Waals surface area (Å²) in [5.74, 6) is -0.732. The molecular formula is C13H19BO4. The molecule has 0 aliphatic rings. The number of hydrogen-bond donors (Lipinski definition) is 2. The number of aromatic carboxylic acids is 1. The fourth-order valence-corrected chi connectivity index (χ4v) is 1.28. The number of carboxylic acids is 1. The van der Waals surface area contributed by atoms with Crippen molar-refractivity contribution in [1.82, 2.24) is 0 Å². The Hall–Kier alpha value is -1.33. The zero-order chi connectivity index (χ0) is 13.9. The normalized spacial score (nSPS) is 11.7. The maximum atomic E-state index is 10.7. The maximum absolute atomic E-state index is 10.7. The van der Waals surface area contributed by atoms with E-state index in [2.05, 4.69) is 0 Å². The average molecular weight is 250 g/mol. The molecule has 0 radical (unpaired) electrons. The molecule has 2 N–H and O–H groups in total. The molecule has 0 bridgehead atoms. The van der Waals surface area contributed by atoms with Gasteiger partial charge in [0.15, 0.2) is 0 Å². The van der Waals surface area contributed by atoms with Crippen LogP contribution in [-0.4, -0.2) is 28.8 Å². The molecule has 0 amide bonds. The van der Waals surface area contributed by atoms with E-state index in [4.69, 9.17) is 9.76 Å². The molecule has 98 valence electrons. The molecule has 0 saturated carbocycles. The van der Waals surface area contributed by atoms with Crippen LogP contribution in [0.5, 0.6) is 0 Å². The quantitative estimate of drug-likeness (QED) is 0.777. The topological polar surface area (TPSA) is 66.8 Å². The largest absolute Gasteiger partial charge is 0.491 e.